The molecule has 0 unspecified atom stereocenters. The average Bonchev–Trinajstić information content (AvgIpc) is 2.46. The van der Waals surface area contributed by atoms with Crippen molar-refractivity contribution in [1.82, 2.24) is 10.2 Å². The molecule has 0 atom stereocenters. The van der Waals surface area contributed by atoms with Crippen molar-refractivity contribution in [3.8, 4) is 0 Å². The number of nitrogens with one attached hydrogen (secondary N) is 1. The van der Waals surface area contributed by atoms with Crippen molar-refractivity contribution >= 4 is 5.91 Å². The Morgan fingerprint density at radius 1 is 1.29 bits per heavy atom. The number of nitrogens with zero attached hydrogens (tertiary/aromatic N) is 1. The predicted octanol–water partition coefficient (Wildman–Crippen LogP) is 1.24. The summed E-state index contributed by atoms with van der Waals surface area (Å²) < 4.78 is 0. The van der Waals surface area contributed by atoms with Crippen molar-refractivity contribution in [3.63, 3.8) is 0 Å². The van der Waals surface area contributed by atoms with Crippen LogP contribution in [-0.4, -0.2) is 37.5 Å². The van der Waals surface area contributed by atoms with Gasteiger partial charge in [0.2, 0.25) is 5.91 Å². The Hall–Kier alpha value is -0.570. The number of carbonyl (C=O) groups excluding carboxylic acids is 1. The van der Waals surface area contributed by atoms with Gasteiger partial charge in [0, 0.05) is 20.0 Å². The van der Waals surface area contributed by atoms with Gasteiger partial charge in [-0.2, -0.15) is 0 Å². The van der Waals surface area contributed by atoms with Crippen LogP contribution in [0.15, 0.2) is 0 Å². The topological polar surface area (TPSA) is 32.3 Å². The Bertz CT molecular complexity index is 197. The number of piperidine rings is 1. The third-order valence-electron chi connectivity index (χ3n) is 3.19. The highest BCUT2D eigenvalue weighted by atomic mass is 16.2. The van der Waals surface area contributed by atoms with E-state index in [1.807, 2.05) is 25.8 Å². The van der Waals surface area contributed by atoms with Gasteiger partial charge in [-0.3, -0.25) is 4.79 Å². The van der Waals surface area contributed by atoms with Crippen LogP contribution in [0.5, 0.6) is 0 Å². The molecule has 2 rings (SSSR count). The smallest absolute Gasteiger partial charge is 0.222 e. The molecule has 3 heteroatoms. The molecule has 0 aromatic rings. The Balaban J connectivity index is 0.000000461. The Labute approximate surface area is 86.9 Å². The quantitative estimate of drug-likeness (QED) is 0.635. The maximum atomic E-state index is 11.4. The summed E-state index contributed by atoms with van der Waals surface area (Å²) in [5.74, 6) is 0.330. The van der Waals surface area contributed by atoms with Crippen LogP contribution in [0, 0.1) is 5.41 Å². The predicted molar refractivity (Wildman–Crippen MR) is 58.1 cm³/mol. The van der Waals surface area contributed by atoms with Crippen molar-refractivity contribution in [1.29, 1.82) is 0 Å². The van der Waals surface area contributed by atoms with Gasteiger partial charge in [0.25, 0.3) is 0 Å². The molecule has 2 heterocycles. The molecule has 3 nitrogen and oxygen atoms in total. The molecule has 2 aliphatic heterocycles. The van der Waals surface area contributed by atoms with Crippen LogP contribution in [0.1, 0.15) is 33.1 Å². The van der Waals surface area contributed by atoms with Crippen LogP contribution in [0.3, 0.4) is 0 Å². The zero-order valence-corrected chi connectivity index (χ0v) is 9.60. The van der Waals surface area contributed by atoms with Crippen molar-refractivity contribution in [2.24, 2.45) is 5.41 Å². The second-order valence-corrected chi connectivity index (χ2v) is 4.18. The normalized spacial score (nSPS) is 24.8. The van der Waals surface area contributed by atoms with Crippen molar-refractivity contribution < 1.29 is 4.79 Å². The minimum absolute atomic E-state index is 0.330. The van der Waals surface area contributed by atoms with Crippen LogP contribution in [0.4, 0.5) is 0 Å². The summed E-state index contributed by atoms with van der Waals surface area (Å²) in [7, 11) is 1.92. The fourth-order valence-electron chi connectivity index (χ4n) is 2.39. The third kappa shape index (κ3) is 2.27. The van der Waals surface area contributed by atoms with E-state index in [4.69, 9.17) is 0 Å². The fourth-order valence-corrected chi connectivity index (χ4v) is 2.39. The summed E-state index contributed by atoms with van der Waals surface area (Å²) in [5, 5.41) is 3.34. The van der Waals surface area contributed by atoms with Gasteiger partial charge in [0.05, 0.1) is 0 Å². The molecule has 14 heavy (non-hydrogen) atoms. The van der Waals surface area contributed by atoms with Crippen molar-refractivity contribution in [2.75, 3.05) is 26.7 Å². The molecule has 0 aromatic carbocycles. The van der Waals surface area contributed by atoms with Crippen LogP contribution in [0.25, 0.3) is 0 Å². The third-order valence-corrected chi connectivity index (χ3v) is 3.19. The molecule has 2 aliphatic rings. The van der Waals surface area contributed by atoms with Crippen LogP contribution < -0.4 is 5.32 Å². The lowest BCUT2D eigenvalue weighted by molar-refractivity contribution is -0.126. The van der Waals surface area contributed by atoms with E-state index in [0.29, 0.717) is 11.3 Å². The number of likely N-dealkylation sites (tertiary alicyclic amines) is 1. The minimum Gasteiger partial charge on any atom is -0.345 e. The van der Waals surface area contributed by atoms with Crippen molar-refractivity contribution in [3.05, 3.63) is 0 Å². The molecule has 82 valence electrons. The Morgan fingerprint density at radius 3 is 2.29 bits per heavy atom. The maximum Gasteiger partial charge on any atom is 0.222 e. The van der Waals surface area contributed by atoms with Gasteiger partial charge in [-0.05, 0) is 31.3 Å². The number of carbonyl (C=O) groups is 1. The van der Waals surface area contributed by atoms with Gasteiger partial charge in [-0.25, -0.2) is 0 Å². The summed E-state index contributed by atoms with van der Waals surface area (Å²) in [6.45, 7) is 7.15. The van der Waals surface area contributed by atoms with E-state index in [1.54, 1.807) is 0 Å². The number of amides is 1. The zero-order chi connectivity index (χ0) is 10.6. The average molecular weight is 198 g/mol. The first-order chi connectivity index (χ1) is 6.72. The standard InChI is InChI=1S/C9H16N2O.C2H6/c1-11-7-9(6-8(11)12)2-4-10-5-3-9;1-2/h10H,2-7H2,1H3;1-2H3. The molecule has 0 bridgehead atoms. The molecule has 0 radical (unpaired) electrons. The monoisotopic (exact) mass is 198 g/mol. The summed E-state index contributed by atoms with van der Waals surface area (Å²) in [6, 6.07) is 0. The molecule has 0 saturated carbocycles. The molecule has 1 amide bonds. The molecule has 1 N–H and O–H groups in total. The largest absolute Gasteiger partial charge is 0.345 e. The van der Waals surface area contributed by atoms with Crippen LogP contribution in [-0.2, 0) is 4.79 Å². The molecule has 0 aromatic heterocycles. The van der Waals surface area contributed by atoms with E-state index in [2.05, 4.69) is 5.32 Å². The van der Waals surface area contributed by atoms with Gasteiger partial charge in [0.15, 0.2) is 0 Å². The molecule has 2 saturated heterocycles. The highest BCUT2D eigenvalue weighted by molar-refractivity contribution is 5.79. The molecular weight excluding hydrogens is 176 g/mol. The summed E-state index contributed by atoms with van der Waals surface area (Å²) in [6.07, 6.45) is 3.12. The highest BCUT2D eigenvalue weighted by Crippen LogP contribution is 2.38. The number of hydrogen-bond acceptors (Lipinski definition) is 2. The first kappa shape index (κ1) is 11.5. The molecular formula is C11H22N2O. The Kier molecular flexibility index (Phi) is 3.93. The Morgan fingerprint density at radius 2 is 1.86 bits per heavy atom. The van der Waals surface area contributed by atoms with Gasteiger partial charge < -0.3 is 10.2 Å². The van der Waals surface area contributed by atoms with Gasteiger partial charge >= 0.3 is 0 Å². The van der Waals surface area contributed by atoms with E-state index in [-0.39, 0.29) is 0 Å². The van der Waals surface area contributed by atoms with Gasteiger partial charge in [0.1, 0.15) is 0 Å². The zero-order valence-electron chi connectivity index (χ0n) is 9.60. The SMILES string of the molecule is CC.CN1CC2(CCNCC2)CC1=O. The van der Waals surface area contributed by atoms with Crippen LogP contribution >= 0.6 is 0 Å². The van der Waals surface area contributed by atoms with E-state index in [9.17, 15) is 4.79 Å². The highest BCUT2D eigenvalue weighted by Gasteiger charge is 2.41. The maximum absolute atomic E-state index is 11.4. The first-order valence-electron chi connectivity index (χ1n) is 5.67. The summed E-state index contributed by atoms with van der Waals surface area (Å²) >= 11 is 0. The molecule has 0 aliphatic carbocycles. The summed E-state index contributed by atoms with van der Waals surface area (Å²) in [4.78, 5) is 13.2. The van der Waals surface area contributed by atoms with Crippen molar-refractivity contribution in [2.45, 2.75) is 33.1 Å². The van der Waals surface area contributed by atoms with Gasteiger partial charge in [-0.15, -0.1) is 0 Å². The van der Waals surface area contributed by atoms with E-state index >= 15 is 0 Å². The van der Waals surface area contributed by atoms with E-state index in [1.165, 1.54) is 12.8 Å². The first-order valence-corrected chi connectivity index (χ1v) is 5.67. The minimum atomic E-state index is 0.330. The summed E-state index contributed by atoms with van der Waals surface area (Å²) in [5.41, 5.74) is 0.330. The molecule has 1 spiro atoms. The molecule has 2 fully saturated rings. The number of rotatable bonds is 0. The van der Waals surface area contributed by atoms with Gasteiger partial charge in [-0.1, -0.05) is 13.8 Å². The lowest BCUT2D eigenvalue weighted by Crippen LogP contribution is -2.38. The lowest BCUT2D eigenvalue weighted by atomic mass is 9.78. The van der Waals surface area contributed by atoms with E-state index in [0.717, 1.165) is 26.1 Å². The fraction of sp³-hybridized carbons (Fsp3) is 0.909. The second-order valence-electron chi connectivity index (χ2n) is 4.18. The second kappa shape index (κ2) is 4.78. The number of hydrogen-bond donors (Lipinski definition) is 1. The van der Waals surface area contributed by atoms with Crippen LogP contribution in [0.2, 0.25) is 0 Å². The lowest BCUT2D eigenvalue weighted by Gasteiger charge is -2.32. The van der Waals surface area contributed by atoms with E-state index < -0.39 is 0 Å².